The van der Waals surface area contributed by atoms with E-state index in [0.717, 1.165) is 28.2 Å². The number of aromatic nitrogens is 4. The van der Waals surface area contributed by atoms with Crippen LogP contribution in [0.5, 0.6) is 11.5 Å². The Bertz CT molecular complexity index is 1800. The second-order valence-electron chi connectivity index (χ2n) is 11.5. The first kappa shape index (κ1) is 31.0. The molecule has 6 rings (SSSR count). The van der Waals surface area contributed by atoms with Gasteiger partial charge in [-0.3, -0.25) is 24.5 Å². The molecule has 3 aromatic carbocycles. The molecule has 0 radical (unpaired) electrons. The minimum atomic E-state index is -0.971. The number of hydrogen-bond acceptors (Lipinski definition) is 8. The Kier molecular flexibility index (Phi) is 8.87. The molecule has 0 unspecified atom stereocenters. The highest BCUT2D eigenvalue weighted by molar-refractivity contribution is 5.91. The van der Waals surface area contributed by atoms with E-state index in [4.69, 9.17) is 18.9 Å². The minimum absolute atomic E-state index is 0.0717. The van der Waals surface area contributed by atoms with Crippen LogP contribution in [-0.4, -0.2) is 52.4 Å². The molecular weight excluding hydrogens is 586 g/mol. The van der Waals surface area contributed by atoms with Crippen molar-refractivity contribution in [3.05, 3.63) is 112 Å². The van der Waals surface area contributed by atoms with Gasteiger partial charge in [0, 0.05) is 5.92 Å². The summed E-state index contributed by atoms with van der Waals surface area (Å²) in [6.45, 7) is 3.81. The summed E-state index contributed by atoms with van der Waals surface area (Å²) in [6.07, 6.45) is 2.24. The zero-order valence-electron chi connectivity index (χ0n) is 26.2. The average molecular weight is 624 g/mol. The van der Waals surface area contributed by atoms with Crippen LogP contribution in [0.4, 0.5) is 5.95 Å². The molecule has 1 amide bonds. The van der Waals surface area contributed by atoms with Gasteiger partial charge in [-0.1, -0.05) is 68.4 Å². The number of imidazole rings is 1. The molecule has 11 nitrogen and oxygen atoms in total. The van der Waals surface area contributed by atoms with Gasteiger partial charge in [-0.15, -0.1) is 0 Å². The Morgan fingerprint density at radius 2 is 1.57 bits per heavy atom. The lowest BCUT2D eigenvalue weighted by molar-refractivity contribution is -0.118. The summed E-state index contributed by atoms with van der Waals surface area (Å²) in [5, 5.41) is 2.67. The van der Waals surface area contributed by atoms with Gasteiger partial charge in [0.25, 0.3) is 5.56 Å². The van der Waals surface area contributed by atoms with Gasteiger partial charge in [0.15, 0.2) is 11.2 Å². The molecule has 2 aromatic heterocycles. The molecule has 1 saturated heterocycles. The van der Waals surface area contributed by atoms with E-state index in [1.807, 2.05) is 66.7 Å². The summed E-state index contributed by atoms with van der Waals surface area (Å²) in [4.78, 5) is 36.4. The van der Waals surface area contributed by atoms with Crippen molar-refractivity contribution in [2.45, 2.75) is 44.6 Å². The zero-order valence-corrected chi connectivity index (χ0v) is 26.2. The maximum Gasteiger partial charge on any atom is 0.280 e. The number of amides is 1. The first-order chi connectivity index (χ1) is 22.3. The fraction of sp³-hybridized carbons (Fsp3) is 0.314. The lowest BCUT2D eigenvalue weighted by atomic mass is 9.80. The number of carbonyl (C=O) groups excluding carboxylic acids is 1. The molecular formula is C35H37N5O6. The van der Waals surface area contributed by atoms with Gasteiger partial charge in [0.05, 0.1) is 33.3 Å². The van der Waals surface area contributed by atoms with Crippen LogP contribution in [0.25, 0.3) is 11.2 Å². The van der Waals surface area contributed by atoms with E-state index in [9.17, 15) is 9.59 Å². The van der Waals surface area contributed by atoms with Crippen molar-refractivity contribution < 1.29 is 23.7 Å². The Morgan fingerprint density at radius 3 is 2.15 bits per heavy atom. The third-order valence-corrected chi connectivity index (χ3v) is 8.25. The van der Waals surface area contributed by atoms with Crippen LogP contribution in [0, 0.1) is 5.92 Å². The normalized spacial score (nSPS) is 16.5. The molecule has 46 heavy (non-hydrogen) atoms. The van der Waals surface area contributed by atoms with Crippen LogP contribution in [0.3, 0.4) is 0 Å². The monoisotopic (exact) mass is 623 g/mol. The smallest absolute Gasteiger partial charge is 0.280 e. The number of hydrogen-bond donors (Lipinski definition) is 2. The van der Waals surface area contributed by atoms with Crippen molar-refractivity contribution in [2.24, 2.45) is 5.92 Å². The standard InChI is InChI=1S/C35H37N5O6/c1-22(2)32(41)38-34-37-31-30(33(42)39-34)36-21-40(31)29-19-18-28(46-29)20-45-35(23-8-6-5-7-9-23,24-10-14-26(43-3)15-11-24)25-12-16-27(44-4)17-13-25/h5-17,21-22,28-29H,18-20H2,1-4H3,(H2,37,38,39,41,42)/t28-,29-/m1/s1. The lowest BCUT2D eigenvalue weighted by Gasteiger charge is -2.37. The van der Waals surface area contributed by atoms with Crippen LogP contribution in [0.1, 0.15) is 49.6 Å². The number of anilines is 1. The van der Waals surface area contributed by atoms with Crippen molar-refractivity contribution in [3.63, 3.8) is 0 Å². The van der Waals surface area contributed by atoms with Crippen LogP contribution in [0.15, 0.2) is 90.0 Å². The summed E-state index contributed by atoms with van der Waals surface area (Å²) in [6, 6.07) is 25.9. The second kappa shape index (κ2) is 13.2. The maximum atomic E-state index is 12.7. The molecule has 1 aliphatic rings. The van der Waals surface area contributed by atoms with Gasteiger partial charge >= 0.3 is 0 Å². The molecule has 0 spiro atoms. The molecule has 3 heterocycles. The van der Waals surface area contributed by atoms with Crippen molar-refractivity contribution in [2.75, 3.05) is 26.1 Å². The molecule has 0 aliphatic carbocycles. The van der Waals surface area contributed by atoms with E-state index in [1.165, 1.54) is 0 Å². The topological polar surface area (TPSA) is 130 Å². The summed E-state index contributed by atoms with van der Waals surface area (Å²) in [5.74, 6) is 1.04. The van der Waals surface area contributed by atoms with Gasteiger partial charge in [0.2, 0.25) is 11.9 Å². The average Bonchev–Trinajstić information content (AvgIpc) is 3.73. The molecule has 2 atom stereocenters. The van der Waals surface area contributed by atoms with Crippen molar-refractivity contribution in [3.8, 4) is 11.5 Å². The van der Waals surface area contributed by atoms with E-state index >= 15 is 0 Å². The summed E-state index contributed by atoms with van der Waals surface area (Å²) in [5.41, 5.74) is 1.92. The maximum absolute atomic E-state index is 12.7. The summed E-state index contributed by atoms with van der Waals surface area (Å²) in [7, 11) is 3.29. The second-order valence-corrected chi connectivity index (χ2v) is 11.5. The molecule has 1 fully saturated rings. The lowest BCUT2D eigenvalue weighted by Crippen LogP contribution is -2.35. The third-order valence-electron chi connectivity index (χ3n) is 8.25. The van der Waals surface area contributed by atoms with E-state index < -0.39 is 17.4 Å². The van der Waals surface area contributed by atoms with Gasteiger partial charge in [-0.2, -0.15) is 4.98 Å². The van der Waals surface area contributed by atoms with Crippen LogP contribution < -0.4 is 20.3 Å². The largest absolute Gasteiger partial charge is 0.497 e. The number of aromatic amines is 1. The number of benzene rings is 3. The van der Waals surface area contributed by atoms with Crippen LogP contribution in [0.2, 0.25) is 0 Å². The number of nitrogens with one attached hydrogen (secondary N) is 2. The molecule has 11 heteroatoms. The van der Waals surface area contributed by atoms with Gasteiger partial charge in [0.1, 0.15) is 23.3 Å². The van der Waals surface area contributed by atoms with Crippen molar-refractivity contribution >= 4 is 23.0 Å². The SMILES string of the molecule is COc1ccc(C(OC[C@H]2CC[C@H](n3cnc4c(=O)[nH]c(NC(=O)C(C)C)nc43)O2)(c2ccccc2)c2ccc(OC)cc2)cc1. The van der Waals surface area contributed by atoms with E-state index in [1.54, 1.807) is 39.0 Å². The number of ether oxygens (including phenoxy) is 4. The van der Waals surface area contributed by atoms with E-state index in [-0.39, 0.29) is 36.0 Å². The first-order valence-electron chi connectivity index (χ1n) is 15.2. The number of methoxy groups -OCH3 is 2. The fourth-order valence-corrected chi connectivity index (χ4v) is 5.76. The van der Waals surface area contributed by atoms with Crippen molar-refractivity contribution in [1.82, 2.24) is 19.5 Å². The van der Waals surface area contributed by atoms with Gasteiger partial charge < -0.3 is 18.9 Å². The predicted molar refractivity (Wildman–Crippen MR) is 173 cm³/mol. The molecule has 0 bridgehead atoms. The minimum Gasteiger partial charge on any atom is -0.497 e. The number of carbonyl (C=O) groups is 1. The quantitative estimate of drug-likeness (QED) is 0.187. The van der Waals surface area contributed by atoms with Crippen molar-refractivity contribution in [1.29, 1.82) is 0 Å². The van der Waals surface area contributed by atoms with Crippen LogP contribution >= 0.6 is 0 Å². The van der Waals surface area contributed by atoms with Gasteiger partial charge in [-0.05, 0) is 53.8 Å². The Hall–Kier alpha value is -5.00. The number of rotatable bonds is 11. The first-order valence-corrected chi connectivity index (χ1v) is 15.2. The van der Waals surface area contributed by atoms with Gasteiger partial charge in [-0.25, -0.2) is 4.98 Å². The Labute approximate surface area is 266 Å². The zero-order chi connectivity index (χ0) is 32.3. The molecule has 2 N–H and O–H groups in total. The number of nitrogens with zero attached hydrogens (tertiary/aromatic N) is 3. The predicted octanol–water partition coefficient (Wildman–Crippen LogP) is 5.42. The number of fused-ring (bicyclic) bond motifs is 1. The highest BCUT2D eigenvalue weighted by Crippen LogP contribution is 2.42. The summed E-state index contributed by atoms with van der Waals surface area (Å²) >= 11 is 0. The fourth-order valence-electron chi connectivity index (χ4n) is 5.76. The molecule has 1 aliphatic heterocycles. The Morgan fingerprint density at radius 1 is 0.957 bits per heavy atom. The third kappa shape index (κ3) is 5.99. The highest BCUT2D eigenvalue weighted by atomic mass is 16.6. The van der Waals surface area contributed by atoms with Crippen LogP contribution in [-0.2, 0) is 19.9 Å². The molecule has 0 saturated carbocycles. The highest BCUT2D eigenvalue weighted by Gasteiger charge is 2.40. The van der Waals surface area contributed by atoms with E-state index in [0.29, 0.717) is 18.5 Å². The summed E-state index contributed by atoms with van der Waals surface area (Å²) < 4.78 is 26.2. The Balaban J connectivity index is 1.31. The molecule has 238 valence electrons. The van der Waals surface area contributed by atoms with E-state index in [2.05, 4.69) is 32.4 Å². The molecule has 5 aromatic rings. The number of H-pyrrole nitrogens is 1.